The lowest BCUT2D eigenvalue weighted by Crippen LogP contribution is -2.69. The maximum Gasteiger partial charge on any atom is 0.309 e. The van der Waals surface area contributed by atoms with Crippen molar-refractivity contribution in [1.82, 2.24) is 4.90 Å². The molecule has 0 atom stereocenters. The summed E-state index contributed by atoms with van der Waals surface area (Å²) >= 11 is 0. The molecular weight excluding hydrogens is 342 g/mol. The molecule has 4 fully saturated rings. The van der Waals surface area contributed by atoms with Crippen LogP contribution in [0.15, 0.2) is 0 Å². The third-order valence-electron chi connectivity index (χ3n) is 6.93. The number of carboxylic acids is 3. The molecule has 26 heavy (non-hydrogen) atoms. The van der Waals surface area contributed by atoms with Crippen molar-refractivity contribution < 1.29 is 34.5 Å². The monoisotopic (exact) mass is 367 g/mol. The normalized spacial score (nSPS) is 40.2. The van der Waals surface area contributed by atoms with Crippen LogP contribution in [0.25, 0.3) is 0 Å². The van der Waals surface area contributed by atoms with Crippen molar-refractivity contribution in [2.45, 2.75) is 52.4 Å². The molecule has 0 unspecified atom stereocenters. The number of rotatable bonds is 6. The van der Waals surface area contributed by atoms with Crippen LogP contribution in [0.1, 0.15) is 52.4 Å². The zero-order valence-corrected chi connectivity index (χ0v) is 15.1. The Morgan fingerprint density at radius 2 is 0.923 bits per heavy atom. The van der Waals surface area contributed by atoms with Crippen LogP contribution in [0.5, 0.6) is 0 Å². The molecule has 8 heteroatoms. The fraction of sp³-hybridized carbons (Fsp3) is 0.778. The highest BCUT2D eigenvalue weighted by molar-refractivity contribution is 5.92. The number of carbonyl (C=O) groups is 4. The number of carboxylic acid groups (broad SMARTS) is 3. The van der Waals surface area contributed by atoms with Gasteiger partial charge in [-0.05, 0) is 52.4 Å². The van der Waals surface area contributed by atoms with Crippen molar-refractivity contribution in [2.24, 2.45) is 21.7 Å². The molecule has 1 amide bonds. The molecule has 4 bridgehead atoms. The van der Waals surface area contributed by atoms with Gasteiger partial charge in [-0.25, -0.2) is 0 Å². The Kier molecular flexibility index (Phi) is 3.90. The summed E-state index contributed by atoms with van der Waals surface area (Å²) in [5.41, 5.74) is -5.67. The van der Waals surface area contributed by atoms with Crippen molar-refractivity contribution in [3.8, 4) is 0 Å². The van der Waals surface area contributed by atoms with Gasteiger partial charge in [0.05, 0.1) is 21.7 Å². The summed E-state index contributed by atoms with van der Waals surface area (Å²) in [5.74, 6) is -3.87. The second-order valence-corrected chi connectivity index (χ2v) is 8.57. The molecule has 0 saturated heterocycles. The summed E-state index contributed by atoms with van der Waals surface area (Å²) in [6.07, 6.45) is -0.245. The average Bonchev–Trinajstić information content (AvgIpc) is 2.54. The second kappa shape index (κ2) is 5.44. The largest absolute Gasteiger partial charge is 0.481 e. The van der Waals surface area contributed by atoms with E-state index in [1.807, 2.05) is 0 Å². The molecule has 0 heterocycles. The summed E-state index contributed by atoms with van der Waals surface area (Å²) in [7, 11) is 0. The van der Waals surface area contributed by atoms with Crippen molar-refractivity contribution in [3.63, 3.8) is 0 Å². The van der Waals surface area contributed by atoms with E-state index in [9.17, 15) is 34.5 Å². The van der Waals surface area contributed by atoms with Gasteiger partial charge < -0.3 is 20.2 Å². The topological polar surface area (TPSA) is 132 Å². The number of hydrogen-bond donors (Lipinski definition) is 3. The average molecular weight is 367 g/mol. The first kappa shape index (κ1) is 18.7. The minimum absolute atomic E-state index is 0.0225. The van der Waals surface area contributed by atoms with Crippen molar-refractivity contribution in [1.29, 1.82) is 0 Å². The Bertz CT molecular complexity index is 614. The Balaban J connectivity index is 2.21. The molecule has 8 nitrogen and oxygen atoms in total. The molecule has 0 aromatic heterocycles. The molecule has 0 aromatic carbocycles. The van der Waals surface area contributed by atoms with Crippen LogP contribution >= 0.6 is 0 Å². The minimum atomic E-state index is -1.48. The van der Waals surface area contributed by atoms with Gasteiger partial charge in [0, 0.05) is 13.1 Å². The molecule has 0 aromatic rings. The maximum absolute atomic E-state index is 13.3. The first-order valence-electron chi connectivity index (χ1n) is 9.00. The smallest absolute Gasteiger partial charge is 0.309 e. The molecule has 4 aliphatic rings. The van der Waals surface area contributed by atoms with Gasteiger partial charge in [0.1, 0.15) is 0 Å². The van der Waals surface area contributed by atoms with Crippen LogP contribution in [-0.4, -0.2) is 57.1 Å². The van der Waals surface area contributed by atoms with E-state index in [2.05, 4.69) is 0 Å². The highest BCUT2D eigenvalue weighted by Crippen LogP contribution is 2.74. The van der Waals surface area contributed by atoms with Crippen LogP contribution in [0.2, 0.25) is 0 Å². The second-order valence-electron chi connectivity index (χ2n) is 8.57. The van der Waals surface area contributed by atoms with E-state index in [0.717, 1.165) is 0 Å². The fourth-order valence-electron chi connectivity index (χ4n) is 6.39. The zero-order chi connectivity index (χ0) is 19.5. The van der Waals surface area contributed by atoms with E-state index in [1.54, 1.807) is 18.7 Å². The van der Waals surface area contributed by atoms with Crippen LogP contribution in [-0.2, 0) is 19.2 Å². The molecule has 4 rings (SSSR count). The number of nitrogens with zero attached hydrogens (tertiary/aromatic N) is 1. The van der Waals surface area contributed by atoms with Crippen molar-refractivity contribution in [2.75, 3.05) is 13.1 Å². The number of hydrogen-bond acceptors (Lipinski definition) is 4. The quantitative estimate of drug-likeness (QED) is 0.647. The molecule has 4 saturated carbocycles. The lowest BCUT2D eigenvalue weighted by Gasteiger charge is -2.66. The van der Waals surface area contributed by atoms with Gasteiger partial charge in [-0.2, -0.15) is 0 Å². The van der Waals surface area contributed by atoms with E-state index in [4.69, 9.17) is 0 Å². The number of aliphatic carboxylic acids is 3. The third-order valence-corrected chi connectivity index (χ3v) is 6.93. The summed E-state index contributed by atoms with van der Waals surface area (Å²) in [6, 6.07) is 0. The van der Waals surface area contributed by atoms with Crippen LogP contribution < -0.4 is 0 Å². The van der Waals surface area contributed by atoms with Gasteiger partial charge in [0.2, 0.25) is 5.91 Å². The van der Waals surface area contributed by atoms with E-state index < -0.39 is 39.6 Å². The first-order chi connectivity index (χ1) is 12.0. The zero-order valence-electron chi connectivity index (χ0n) is 15.1. The molecule has 3 N–H and O–H groups in total. The van der Waals surface area contributed by atoms with E-state index >= 15 is 0 Å². The predicted octanol–water partition coefficient (Wildman–Crippen LogP) is 1.44. The van der Waals surface area contributed by atoms with Crippen molar-refractivity contribution in [3.05, 3.63) is 0 Å². The van der Waals surface area contributed by atoms with Crippen LogP contribution in [0.3, 0.4) is 0 Å². The molecule has 144 valence electrons. The first-order valence-corrected chi connectivity index (χ1v) is 9.00. The van der Waals surface area contributed by atoms with Gasteiger partial charge in [-0.15, -0.1) is 0 Å². The highest BCUT2D eigenvalue weighted by Gasteiger charge is 2.76. The Morgan fingerprint density at radius 1 is 0.654 bits per heavy atom. The fourth-order valence-corrected chi connectivity index (χ4v) is 6.39. The number of carbonyl (C=O) groups excluding carboxylic acids is 1. The molecule has 0 aliphatic heterocycles. The van der Waals surface area contributed by atoms with Gasteiger partial charge >= 0.3 is 17.9 Å². The van der Waals surface area contributed by atoms with Crippen LogP contribution in [0, 0.1) is 21.7 Å². The van der Waals surface area contributed by atoms with E-state index in [-0.39, 0.29) is 44.4 Å². The summed E-state index contributed by atoms with van der Waals surface area (Å²) in [4.78, 5) is 51.3. The predicted molar refractivity (Wildman–Crippen MR) is 88.3 cm³/mol. The minimum Gasteiger partial charge on any atom is -0.481 e. The van der Waals surface area contributed by atoms with E-state index in [0.29, 0.717) is 13.1 Å². The van der Waals surface area contributed by atoms with Crippen molar-refractivity contribution >= 4 is 23.8 Å². The van der Waals surface area contributed by atoms with E-state index in [1.165, 1.54) is 0 Å². The molecular formula is C18H25NO7. The lowest BCUT2D eigenvalue weighted by atomic mass is 9.35. The maximum atomic E-state index is 13.3. The standard InChI is InChI=1S/C18H25NO7/c1-3-19(4-2)11(20)15-5-16(12(21)22)8-17(6-15,13(23)24)10-18(7-15,9-16)14(25)26/h3-10H2,1-2H3,(H,21,22)(H,23,24)(H,25,26). The number of amides is 1. The molecule has 0 spiro atoms. The SMILES string of the molecule is CCN(CC)C(=O)C12CC3(C(=O)O)CC(C(=O)O)(CC(C(=O)O)(C3)C1)C2. The summed E-state index contributed by atoms with van der Waals surface area (Å²) in [6.45, 7) is 4.43. The lowest BCUT2D eigenvalue weighted by molar-refractivity contribution is -0.227. The Labute approximate surface area is 151 Å². The Hall–Kier alpha value is -2.12. The van der Waals surface area contributed by atoms with Gasteiger partial charge in [0.25, 0.3) is 0 Å². The summed E-state index contributed by atoms with van der Waals surface area (Å²) in [5, 5.41) is 29.7. The van der Waals surface area contributed by atoms with Gasteiger partial charge in [-0.3, -0.25) is 19.2 Å². The van der Waals surface area contributed by atoms with Gasteiger partial charge in [-0.1, -0.05) is 0 Å². The highest BCUT2D eigenvalue weighted by atomic mass is 16.4. The van der Waals surface area contributed by atoms with Crippen LogP contribution in [0.4, 0.5) is 0 Å². The Morgan fingerprint density at radius 3 is 1.15 bits per heavy atom. The molecule has 4 aliphatic carbocycles. The summed E-state index contributed by atoms with van der Waals surface area (Å²) < 4.78 is 0. The van der Waals surface area contributed by atoms with Gasteiger partial charge in [0.15, 0.2) is 0 Å². The molecule has 0 radical (unpaired) electrons. The third kappa shape index (κ3) is 2.20.